The summed E-state index contributed by atoms with van der Waals surface area (Å²) in [6.07, 6.45) is 3.72. The highest BCUT2D eigenvalue weighted by molar-refractivity contribution is 6.33. The molecular weight excluding hydrogens is 372 g/mol. The van der Waals surface area contributed by atoms with Gasteiger partial charge in [0.1, 0.15) is 0 Å². The largest absolute Gasteiger partial charge is 0.370 e. The number of carbonyl (C=O) groups excluding carboxylic acids is 1. The number of piperidine rings is 1. The summed E-state index contributed by atoms with van der Waals surface area (Å²) in [4.78, 5) is 19.2. The Hall–Kier alpha value is -2.40. The first-order chi connectivity index (χ1) is 13.7. The number of amides is 2. The third-order valence-corrected chi connectivity index (χ3v) is 5.89. The summed E-state index contributed by atoms with van der Waals surface area (Å²) < 4.78 is 0. The Bertz CT molecular complexity index is 799. The van der Waals surface area contributed by atoms with Gasteiger partial charge in [-0.2, -0.15) is 0 Å². The van der Waals surface area contributed by atoms with Crippen molar-refractivity contribution in [3.05, 3.63) is 53.6 Å². The molecule has 2 saturated heterocycles. The molecule has 0 spiro atoms. The monoisotopic (exact) mass is 398 g/mol. The van der Waals surface area contributed by atoms with E-state index in [9.17, 15) is 4.79 Å². The van der Waals surface area contributed by atoms with Gasteiger partial charge in [-0.25, -0.2) is 4.79 Å². The van der Waals surface area contributed by atoms with E-state index >= 15 is 0 Å². The predicted octanol–water partition coefficient (Wildman–Crippen LogP) is 4.68. The van der Waals surface area contributed by atoms with Crippen LogP contribution in [0.15, 0.2) is 48.5 Å². The number of carbonyl (C=O) groups is 1. The Balaban J connectivity index is 1.33. The molecule has 6 heteroatoms. The Kier molecular flexibility index (Phi) is 5.91. The maximum Gasteiger partial charge on any atom is 0.321 e. The zero-order valence-corrected chi connectivity index (χ0v) is 16.9. The van der Waals surface area contributed by atoms with Gasteiger partial charge in [0.2, 0.25) is 0 Å². The summed E-state index contributed by atoms with van der Waals surface area (Å²) in [7, 11) is 0. The first-order valence-electron chi connectivity index (χ1n) is 10.1. The van der Waals surface area contributed by atoms with Crippen LogP contribution >= 0.6 is 11.6 Å². The normalized spacial score (nSPS) is 17.5. The van der Waals surface area contributed by atoms with Gasteiger partial charge in [-0.05, 0) is 49.6 Å². The highest BCUT2D eigenvalue weighted by Gasteiger charge is 2.22. The molecule has 2 aromatic rings. The lowest BCUT2D eigenvalue weighted by Gasteiger charge is -2.36. The van der Waals surface area contributed by atoms with E-state index in [2.05, 4.69) is 27.2 Å². The number of hydrogen-bond donors (Lipinski definition) is 1. The number of hydrogen-bond acceptors (Lipinski definition) is 3. The van der Waals surface area contributed by atoms with Crippen LogP contribution in [0.3, 0.4) is 0 Å². The van der Waals surface area contributed by atoms with Crippen molar-refractivity contribution in [2.45, 2.75) is 19.3 Å². The second-order valence-corrected chi connectivity index (χ2v) is 7.86. The van der Waals surface area contributed by atoms with Crippen LogP contribution in [0.2, 0.25) is 5.02 Å². The van der Waals surface area contributed by atoms with E-state index in [1.54, 1.807) is 0 Å². The lowest BCUT2D eigenvalue weighted by atomic mass is 10.1. The lowest BCUT2D eigenvalue weighted by molar-refractivity contribution is 0.208. The van der Waals surface area contributed by atoms with Crippen LogP contribution < -0.4 is 15.1 Å². The Labute approximate surface area is 171 Å². The zero-order valence-electron chi connectivity index (χ0n) is 16.1. The van der Waals surface area contributed by atoms with Crippen molar-refractivity contribution in [1.29, 1.82) is 0 Å². The molecule has 148 valence electrons. The molecule has 2 heterocycles. The number of para-hydroxylation sites is 1. The van der Waals surface area contributed by atoms with Gasteiger partial charge >= 0.3 is 6.03 Å². The summed E-state index contributed by atoms with van der Waals surface area (Å²) in [5, 5.41) is 3.71. The smallest absolute Gasteiger partial charge is 0.321 e. The Morgan fingerprint density at radius 3 is 2.21 bits per heavy atom. The Morgan fingerprint density at radius 1 is 0.821 bits per heavy atom. The minimum atomic E-state index is -0.0606. The molecule has 0 bridgehead atoms. The molecule has 1 N–H and O–H groups in total. The number of nitrogens with zero attached hydrogens (tertiary/aromatic N) is 3. The predicted molar refractivity (Wildman–Crippen MR) is 117 cm³/mol. The molecule has 0 radical (unpaired) electrons. The minimum Gasteiger partial charge on any atom is -0.370 e. The van der Waals surface area contributed by atoms with Gasteiger partial charge in [0, 0.05) is 50.6 Å². The van der Waals surface area contributed by atoms with E-state index in [0.717, 1.165) is 37.6 Å². The van der Waals surface area contributed by atoms with Crippen LogP contribution in [0, 0.1) is 0 Å². The van der Waals surface area contributed by atoms with Crippen molar-refractivity contribution in [1.82, 2.24) is 4.90 Å². The second kappa shape index (κ2) is 8.74. The topological polar surface area (TPSA) is 38.8 Å². The lowest BCUT2D eigenvalue weighted by Crippen LogP contribution is -2.50. The fraction of sp³-hybridized carbons (Fsp3) is 0.409. The standard InChI is InChI=1S/C22H27ClN4O/c23-20-17-18(9-10-21(20)26-11-5-2-6-12-26)24-22(28)27-15-13-25(14-16-27)19-7-3-1-4-8-19/h1,3-4,7-10,17H,2,5-6,11-16H2,(H,24,28). The molecule has 2 aliphatic heterocycles. The summed E-state index contributed by atoms with van der Waals surface area (Å²) in [6.45, 7) is 5.20. The Morgan fingerprint density at radius 2 is 1.54 bits per heavy atom. The third-order valence-electron chi connectivity index (χ3n) is 5.58. The molecule has 5 nitrogen and oxygen atoms in total. The summed E-state index contributed by atoms with van der Waals surface area (Å²) in [6, 6.07) is 16.1. The third kappa shape index (κ3) is 4.36. The quantitative estimate of drug-likeness (QED) is 0.815. The molecule has 0 aliphatic carbocycles. The highest BCUT2D eigenvalue weighted by atomic mass is 35.5. The van der Waals surface area contributed by atoms with Crippen LogP contribution in [-0.4, -0.2) is 50.2 Å². The van der Waals surface area contributed by atoms with Crippen LogP contribution in [0.1, 0.15) is 19.3 Å². The van der Waals surface area contributed by atoms with Crippen molar-refractivity contribution in [2.24, 2.45) is 0 Å². The van der Waals surface area contributed by atoms with E-state index in [1.165, 1.54) is 24.9 Å². The molecule has 28 heavy (non-hydrogen) atoms. The average Bonchev–Trinajstić information content (AvgIpc) is 2.75. The van der Waals surface area contributed by atoms with Gasteiger partial charge < -0.3 is 20.0 Å². The van der Waals surface area contributed by atoms with Crippen molar-refractivity contribution in [3.8, 4) is 0 Å². The van der Waals surface area contributed by atoms with Crippen molar-refractivity contribution in [3.63, 3.8) is 0 Å². The number of urea groups is 1. The number of nitrogens with one attached hydrogen (secondary N) is 1. The number of piperazine rings is 1. The van der Waals surface area contributed by atoms with E-state index in [4.69, 9.17) is 11.6 Å². The van der Waals surface area contributed by atoms with E-state index in [-0.39, 0.29) is 6.03 Å². The summed E-state index contributed by atoms with van der Waals surface area (Å²) in [5.41, 5.74) is 3.03. The number of benzene rings is 2. The van der Waals surface area contributed by atoms with Crippen molar-refractivity contribution < 1.29 is 4.79 Å². The minimum absolute atomic E-state index is 0.0606. The van der Waals surface area contributed by atoms with Gasteiger partial charge in [0.15, 0.2) is 0 Å². The molecule has 0 aromatic heterocycles. The molecular formula is C22H27ClN4O. The van der Waals surface area contributed by atoms with Crippen LogP contribution in [-0.2, 0) is 0 Å². The summed E-state index contributed by atoms with van der Waals surface area (Å²) >= 11 is 6.51. The molecule has 2 amide bonds. The van der Waals surface area contributed by atoms with E-state index in [1.807, 2.05) is 41.3 Å². The van der Waals surface area contributed by atoms with Gasteiger partial charge in [-0.1, -0.05) is 29.8 Å². The average molecular weight is 399 g/mol. The van der Waals surface area contributed by atoms with Gasteiger partial charge in [-0.15, -0.1) is 0 Å². The SMILES string of the molecule is O=C(Nc1ccc(N2CCCCC2)c(Cl)c1)N1CCN(c2ccccc2)CC1. The highest BCUT2D eigenvalue weighted by Crippen LogP contribution is 2.31. The van der Waals surface area contributed by atoms with Gasteiger partial charge in [-0.3, -0.25) is 0 Å². The van der Waals surface area contributed by atoms with E-state index < -0.39 is 0 Å². The maximum absolute atomic E-state index is 12.7. The fourth-order valence-corrected chi connectivity index (χ4v) is 4.29. The van der Waals surface area contributed by atoms with Gasteiger partial charge in [0.25, 0.3) is 0 Å². The molecule has 2 fully saturated rings. The van der Waals surface area contributed by atoms with Crippen molar-refractivity contribution >= 4 is 34.7 Å². The molecule has 0 atom stereocenters. The first kappa shape index (κ1) is 18.9. The van der Waals surface area contributed by atoms with Crippen LogP contribution in [0.4, 0.5) is 21.9 Å². The van der Waals surface area contributed by atoms with Gasteiger partial charge in [0.05, 0.1) is 10.7 Å². The van der Waals surface area contributed by atoms with E-state index in [0.29, 0.717) is 18.1 Å². The number of rotatable bonds is 3. The summed E-state index contributed by atoms with van der Waals surface area (Å²) in [5.74, 6) is 0. The molecule has 0 unspecified atom stereocenters. The molecule has 2 aliphatic rings. The second-order valence-electron chi connectivity index (χ2n) is 7.45. The first-order valence-corrected chi connectivity index (χ1v) is 10.5. The molecule has 4 rings (SSSR count). The van der Waals surface area contributed by atoms with Crippen LogP contribution in [0.25, 0.3) is 0 Å². The fourth-order valence-electron chi connectivity index (χ4n) is 3.99. The maximum atomic E-state index is 12.7. The molecule has 0 saturated carbocycles. The van der Waals surface area contributed by atoms with Crippen molar-refractivity contribution in [2.75, 3.05) is 54.4 Å². The number of halogens is 1. The zero-order chi connectivity index (χ0) is 19.3. The molecule has 2 aromatic carbocycles. The van der Waals surface area contributed by atoms with Crippen LogP contribution in [0.5, 0.6) is 0 Å². The number of anilines is 3.